The molecule has 0 heterocycles. The second kappa shape index (κ2) is 5.81. The van der Waals surface area contributed by atoms with Gasteiger partial charge < -0.3 is 9.80 Å². The highest BCUT2D eigenvalue weighted by atomic mass is 35.5. The minimum absolute atomic E-state index is 0.483. The Morgan fingerprint density at radius 3 is 2.09 bits per heavy atom. The number of nitrogens with zero attached hydrogens (tertiary/aromatic N) is 2. The van der Waals surface area contributed by atoms with Crippen LogP contribution in [-0.2, 0) is 0 Å². The van der Waals surface area contributed by atoms with E-state index in [4.69, 9.17) is 11.6 Å². The first kappa shape index (κ1) is 11.2. The molecule has 0 radical (unpaired) electrons. The topological polar surface area (TPSA) is 6.48 Å². The summed E-state index contributed by atoms with van der Waals surface area (Å²) in [5.74, 6) is 0.712. The monoisotopic (exact) mass is 178 g/mol. The minimum Gasteiger partial charge on any atom is -0.308 e. The van der Waals surface area contributed by atoms with Gasteiger partial charge in [-0.1, -0.05) is 0 Å². The predicted molar refractivity (Wildman–Crippen MR) is 51.4 cm³/mol. The summed E-state index contributed by atoms with van der Waals surface area (Å²) in [5.41, 5.74) is 0. The third kappa shape index (κ3) is 5.48. The predicted octanol–water partition coefficient (Wildman–Crippen LogP) is 1.11. The van der Waals surface area contributed by atoms with E-state index in [1.807, 2.05) is 0 Å². The SMILES string of the molecule is CC(CCl)N(C)CCN(C)C. The van der Waals surface area contributed by atoms with Gasteiger partial charge in [0.1, 0.15) is 0 Å². The molecule has 0 aromatic carbocycles. The van der Waals surface area contributed by atoms with Crippen LogP contribution < -0.4 is 0 Å². The largest absolute Gasteiger partial charge is 0.308 e. The zero-order valence-corrected chi connectivity index (χ0v) is 8.73. The maximum absolute atomic E-state index is 5.71. The van der Waals surface area contributed by atoms with Gasteiger partial charge in [0.25, 0.3) is 0 Å². The number of hydrogen-bond acceptors (Lipinski definition) is 2. The first-order valence-corrected chi connectivity index (χ1v) is 4.52. The van der Waals surface area contributed by atoms with Gasteiger partial charge in [-0.25, -0.2) is 0 Å². The van der Waals surface area contributed by atoms with Crippen LogP contribution in [0.1, 0.15) is 6.92 Å². The van der Waals surface area contributed by atoms with Gasteiger partial charge in [-0.3, -0.25) is 0 Å². The van der Waals surface area contributed by atoms with E-state index >= 15 is 0 Å². The molecule has 0 amide bonds. The summed E-state index contributed by atoms with van der Waals surface area (Å²) in [6, 6.07) is 0.483. The molecule has 11 heavy (non-hydrogen) atoms. The van der Waals surface area contributed by atoms with Crippen LogP contribution >= 0.6 is 11.6 Å². The van der Waals surface area contributed by atoms with Crippen molar-refractivity contribution in [1.82, 2.24) is 9.80 Å². The quantitative estimate of drug-likeness (QED) is 0.582. The van der Waals surface area contributed by atoms with Crippen molar-refractivity contribution in [3.05, 3.63) is 0 Å². The van der Waals surface area contributed by atoms with Crippen molar-refractivity contribution in [1.29, 1.82) is 0 Å². The average molecular weight is 179 g/mol. The summed E-state index contributed by atoms with van der Waals surface area (Å²) in [6.45, 7) is 4.32. The molecule has 68 valence electrons. The summed E-state index contributed by atoms with van der Waals surface area (Å²) in [4.78, 5) is 4.45. The fraction of sp³-hybridized carbons (Fsp3) is 1.00. The van der Waals surface area contributed by atoms with Gasteiger partial charge in [-0.05, 0) is 28.1 Å². The van der Waals surface area contributed by atoms with Crippen LogP contribution in [0, 0.1) is 0 Å². The molecule has 0 N–H and O–H groups in total. The summed E-state index contributed by atoms with van der Waals surface area (Å²) < 4.78 is 0. The molecule has 3 heteroatoms. The molecule has 0 spiro atoms. The number of likely N-dealkylation sites (N-methyl/N-ethyl adjacent to an activating group) is 2. The lowest BCUT2D eigenvalue weighted by molar-refractivity contribution is 0.243. The van der Waals surface area contributed by atoms with Crippen LogP contribution in [0.5, 0.6) is 0 Å². The summed E-state index contributed by atoms with van der Waals surface area (Å²) in [5, 5.41) is 0. The average Bonchev–Trinajstić information content (AvgIpc) is 1.98. The summed E-state index contributed by atoms with van der Waals surface area (Å²) in [6.07, 6.45) is 0. The summed E-state index contributed by atoms with van der Waals surface area (Å²) in [7, 11) is 6.27. The number of alkyl halides is 1. The molecule has 0 saturated heterocycles. The normalized spacial score (nSPS) is 14.5. The molecule has 0 rings (SSSR count). The van der Waals surface area contributed by atoms with E-state index in [2.05, 4.69) is 37.9 Å². The minimum atomic E-state index is 0.483. The van der Waals surface area contributed by atoms with E-state index in [9.17, 15) is 0 Å². The van der Waals surface area contributed by atoms with E-state index in [0.717, 1.165) is 13.1 Å². The second-order valence-electron chi connectivity index (χ2n) is 3.29. The van der Waals surface area contributed by atoms with E-state index in [1.165, 1.54) is 0 Å². The first-order valence-electron chi connectivity index (χ1n) is 3.99. The van der Waals surface area contributed by atoms with Gasteiger partial charge in [0.15, 0.2) is 0 Å². The van der Waals surface area contributed by atoms with Crippen LogP contribution in [-0.4, -0.2) is 56.0 Å². The molecule has 0 aliphatic carbocycles. The Kier molecular flexibility index (Phi) is 5.92. The maximum Gasteiger partial charge on any atom is 0.0376 e. The van der Waals surface area contributed by atoms with Crippen LogP contribution in [0.3, 0.4) is 0 Å². The molecule has 0 bridgehead atoms. The lowest BCUT2D eigenvalue weighted by atomic mass is 10.3. The van der Waals surface area contributed by atoms with E-state index in [1.54, 1.807) is 0 Å². The number of halogens is 1. The Morgan fingerprint density at radius 2 is 1.73 bits per heavy atom. The smallest absolute Gasteiger partial charge is 0.0376 e. The molecule has 0 aliphatic rings. The second-order valence-corrected chi connectivity index (χ2v) is 3.60. The van der Waals surface area contributed by atoms with Gasteiger partial charge >= 0.3 is 0 Å². The van der Waals surface area contributed by atoms with E-state index in [-0.39, 0.29) is 0 Å². The Hall–Kier alpha value is 0.210. The van der Waals surface area contributed by atoms with Gasteiger partial charge in [-0.2, -0.15) is 0 Å². The number of rotatable bonds is 5. The zero-order valence-electron chi connectivity index (χ0n) is 7.97. The molecule has 0 saturated carbocycles. The fourth-order valence-corrected chi connectivity index (χ4v) is 0.932. The van der Waals surface area contributed by atoms with Crippen molar-refractivity contribution in [2.24, 2.45) is 0 Å². The highest BCUT2D eigenvalue weighted by Gasteiger charge is 2.06. The van der Waals surface area contributed by atoms with Crippen molar-refractivity contribution in [3.63, 3.8) is 0 Å². The Bertz CT molecular complexity index is 96.1. The lowest BCUT2D eigenvalue weighted by Gasteiger charge is -2.24. The Morgan fingerprint density at radius 1 is 1.18 bits per heavy atom. The van der Waals surface area contributed by atoms with Crippen molar-refractivity contribution in [3.8, 4) is 0 Å². The fourth-order valence-electron chi connectivity index (χ4n) is 0.696. The van der Waals surface area contributed by atoms with Gasteiger partial charge in [-0.15, -0.1) is 11.6 Å². The molecular formula is C8H19ClN2. The zero-order chi connectivity index (χ0) is 8.85. The van der Waals surface area contributed by atoms with Crippen LogP contribution in [0.4, 0.5) is 0 Å². The summed E-state index contributed by atoms with van der Waals surface area (Å²) >= 11 is 5.71. The highest BCUT2D eigenvalue weighted by Crippen LogP contribution is 1.96. The molecular weight excluding hydrogens is 160 g/mol. The molecule has 0 fully saturated rings. The van der Waals surface area contributed by atoms with Crippen molar-refractivity contribution >= 4 is 11.6 Å². The van der Waals surface area contributed by atoms with Crippen LogP contribution in [0.25, 0.3) is 0 Å². The maximum atomic E-state index is 5.71. The van der Waals surface area contributed by atoms with Crippen LogP contribution in [0.2, 0.25) is 0 Å². The van der Waals surface area contributed by atoms with Crippen molar-refractivity contribution in [2.45, 2.75) is 13.0 Å². The molecule has 1 atom stereocenters. The Labute approximate surface area is 75.1 Å². The number of hydrogen-bond donors (Lipinski definition) is 0. The van der Waals surface area contributed by atoms with Gasteiger partial charge in [0.2, 0.25) is 0 Å². The van der Waals surface area contributed by atoms with Crippen molar-refractivity contribution < 1.29 is 0 Å². The van der Waals surface area contributed by atoms with E-state index in [0.29, 0.717) is 11.9 Å². The molecule has 1 unspecified atom stereocenters. The third-order valence-corrected chi connectivity index (χ3v) is 2.32. The third-order valence-electron chi connectivity index (χ3n) is 1.88. The molecule has 0 aromatic heterocycles. The molecule has 2 nitrogen and oxygen atoms in total. The Balaban J connectivity index is 3.43. The standard InChI is InChI=1S/C8H19ClN2/c1-8(7-9)11(4)6-5-10(2)3/h8H,5-7H2,1-4H3. The first-order chi connectivity index (χ1) is 5.07. The molecule has 0 aliphatic heterocycles. The van der Waals surface area contributed by atoms with Crippen LogP contribution in [0.15, 0.2) is 0 Å². The van der Waals surface area contributed by atoms with Gasteiger partial charge in [0.05, 0.1) is 0 Å². The highest BCUT2D eigenvalue weighted by molar-refractivity contribution is 6.18. The van der Waals surface area contributed by atoms with E-state index < -0.39 is 0 Å². The lowest BCUT2D eigenvalue weighted by Crippen LogP contribution is -2.35. The molecule has 0 aromatic rings. The van der Waals surface area contributed by atoms with Crippen molar-refractivity contribution in [2.75, 3.05) is 40.1 Å². The van der Waals surface area contributed by atoms with Gasteiger partial charge in [0, 0.05) is 25.0 Å².